The molecule has 3 N–H and O–H groups in total. The summed E-state index contributed by atoms with van der Waals surface area (Å²) in [7, 11) is -3.76. The normalized spacial score (nSPS) is 13.0. The summed E-state index contributed by atoms with van der Waals surface area (Å²) in [4.78, 5) is 37.8. The van der Waals surface area contributed by atoms with E-state index in [0.717, 1.165) is 17.4 Å². The number of sulfonamides is 1. The van der Waals surface area contributed by atoms with Crippen molar-refractivity contribution < 1.29 is 27.5 Å². The molecular weight excluding hydrogens is 446 g/mol. The number of likely N-dealkylation sites (N-methyl/N-ethyl adjacent to an activating group) is 1. The summed E-state index contributed by atoms with van der Waals surface area (Å²) in [6, 6.07) is 15.6. The van der Waals surface area contributed by atoms with Gasteiger partial charge in [-0.25, -0.2) is 13.1 Å². The van der Waals surface area contributed by atoms with E-state index in [1.165, 1.54) is 0 Å². The van der Waals surface area contributed by atoms with Crippen LogP contribution in [0.1, 0.15) is 18.1 Å². The van der Waals surface area contributed by atoms with Crippen LogP contribution in [0.15, 0.2) is 60.7 Å². The molecule has 0 aromatic heterocycles. The Labute approximate surface area is 194 Å². The van der Waals surface area contributed by atoms with Crippen molar-refractivity contribution >= 4 is 27.6 Å². The molecule has 0 bridgehead atoms. The Morgan fingerprint density at radius 1 is 0.909 bits per heavy atom. The lowest BCUT2D eigenvalue weighted by Crippen LogP contribution is -2.55. The number of carbonyl (C=O) groups excluding carboxylic acids is 3. The molecule has 2 rings (SSSR count). The zero-order valence-electron chi connectivity index (χ0n) is 18.6. The lowest BCUT2D eigenvalue weighted by Gasteiger charge is -2.22. The van der Waals surface area contributed by atoms with Gasteiger partial charge in [0.05, 0.1) is 19.5 Å². The van der Waals surface area contributed by atoms with Crippen LogP contribution in [0.25, 0.3) is 0 Å². The molecule has 2 atom stereocenters. The second kappa shape index (κ2) is 12.8. The quantitative estimate of drug-likeness (QED) is 0.363. The minimum atomic E-state index is -3.76. The minimum absolute atomic E-state index is 0.0685. The van der Waals surface area contributed by atoms with Gasteiger partial charge < -0.3 is 15.4 Å². The third-order valence-electron chi connectivity index (χ3n) is 4.55. The van der Waals surface area contributed by atoms with Gasteiger partial charge >= 0.3 is 0 Å². The van der Waals surface area contributed by atoms with Crippen molar-refractivity contribution in [3.63, 3.8) is 0 Å². The van der Waals surface area contributed by atoms with E-state index in [1.54, 1.807) is 37.3 Å². The number of hydrogen-bond acceptors (Lipinski definition) is 6. The molecule has 0 unspecified atom stereocenters. The Morgan fingerprint density at radius 2 is 1.48 bits per heavy atom. The second-order valence-electron chi connectivity index (χ2n) is 7.42. The molecule has 0 heterocycles. The van der Waals surface area contributed by atoms with Gasteiger partial charge in [-0.3, -0.25) is 14.4 Å². The third-order valence-corrected chi connectivity index (χ3v) is 5.26. The fraction of sp³-hybridized carbons (Fsp3) is 0.348. The molecule has 2 aromatic carbocycles. The van der Waals surface area contributed by atoms with Crippen LogP contribution < -0.4 is 15.4 Å². The molecule has 0 aliphatic heterocycles. The van der Waals surface area contributed by atoms with Gasteiger partial charge in [0.1, 0.15) is 12.1 Å². The van der Waals surface area contributed by atoms with Crippen LogP contribution in [0.3, 0.4) is 0 Å². The van der Waals surface area contributed by atoms with Crippen LogP contribution in [-0.4, -0.2) is 57.5 Å². The fourth-order valence-corrected chi connectivity index (χ4v) is 3.72. The first-order valence-corrected chi connectivity index (χ1v) is 12.3. The van der Waals surface area contributed by atoms with Crippen molar-refractivity contribution in [3.8, 4) is 0 Å². The highest BCUT2D eigenvalue weighted by molar-refractivity contribution is 7.88. The van der Waals surface area contributed by atoms with E-state index in [1.807, 2.05) is 30.3 Å². The lowest BCUT2D eigenvalue weighted by atomic mass is 10.0. The highest BCUT2D eigenvalue weighted by Crippen LogP contribution is 2.06. The summed E-state index contributed by atoms with van der Waals surface area (Å²) in [5, 5.41) is 4.95. The molecule has 0 saturated carbocycles. The fourth-order valence-electron chi connectivity index (χ4n) is 3.03. The molecule has 0 aliphatic rings. The summed E-state index contributed by atoms with van der Waals surface area (Å²) in [6.45, 7) is 1.83. The molecule has 178 valence electrons. The Kier molecular flexibility index (Phi) is 10.2. The molecule has 9 nitrogen and oxygen atoms in total. The molecule has 0 aliphatic carbocycles. The molecule has 2 aromatic rings. The van der Waals surface area contributed by atoms with E-state index in [-0.39, 0.29) is 26.2 Å². The van der Waals surface area contributed by atoms with Crippen LogP contribution in [0, 0.1) is 0 Å². The number of benzene rings is 2. The van der Waals surface area contributed by atoms with E-state index in [4.69, 9.17) is 4.74 Å². The van der Waals surface area contributed by atoms with Crippen molar-refractivity contribution in [2.24, 2.45) is 0 Å². The monoisotopic (exact) mass is 475 g/mol. The van der Waals surface area contributed by atoms with Crippen molar-refractivity contribution in [1.82, 2.24) is 15.4 Å². The molecule has 33 heavy (non-hydrogen) atoms. The average molecular weight is 476 g/mol. The van der Waals surface area contributed by atoms with Gasteiger partial charge in [-0.15, -0.1) is 0 Å². The van der Waals surface area contributed by atoms with Gasteiger partial charge in [-0.1, -0.05) is 60.7 Å². The van der Waals surface area contributed by atoms with E-state index in [0.29, 0.717) is 0 Å². The number of ether oxygens (including phenoxy) is 1. The number of amides is 2. The first kappa shape index (κ1) is 26.2. The highest BCUT2D eigenvalue weighted by Gasteiger charge is 2.30. The van der Waals surface area contributed by atoms with Gasteiger partial charge in [0, 0.05) is 13.0 Å². The summed E-state index contributed by atoms with van der Waals surface area (Å²) in [5.41, 5.74) is 1.58. The Hall–Kier alpha value is -3.08. The van der Waals surface area contributed by atoms with Crippen LogP contribution in [0.2, 0.25) is 0 Å². The predicted octanol–water partition coefficient (Wildman–Crippen LogP) is 0.554. The van der Waals surface area contributed by atoms with Crippen LogP contribution in [0.5, 0.6) is 0 Å². The van der Waals surface area contributed by atoms with Crippen LogP contribution in [0.4, 0.5) is 0 Å². The summed E-state index contributed by atoms with van der Waals surface area (Å²) < 4.78 is 31.4. The Morgan fingerprint density at radius 3 is 2.03 bits per heavy atom. The van der Waals surface area contributed by atoms with Gasteiger partial charge in [-0.2, -0.15) is 0 Å². The highest BCUT2D eigenvalue weighted by atomic mass is 32.2. The van der Waals surface area contributed by atoms with Crippen molar-refractivity contribution in [3.05, 3.63) is 71.8 Å². The number of hydrogen-bond donors (Lipinski definition) is 3. The smallest absolute Gasteiger partial charge is 0.289 e. The standard InChI is InChI=1S/C23H29N3O6S/c1-3-24-23(29)21(27)19(14-17-10-6-4-7-11-17)25-22(28)20(26-33(2,30)31)16-32-15-18-12-8-5-9-13-18/h4-13,19-20,26H,3,14-16H2,1-2H3,(H,24,29)(H,25,28)/t19-,20+/m0/s1. The minimum Gasteiger partial charge on any atom is -0.375 e. The number of Topliss-reactive ketones (excluding diaryl/α,β-unsaturated/α-hetero) is 1. The predicted molar refractivity (Wildman–Crippen MR) is 124 cm³/mol. The Bertz CT molecular complexity index is 1030. The van der Waals surface area contributed by atoms with E-state index >= 15 is 0 Å². The summed E-state index contributed by atoms with van der Waals surface area (Å²) >= 11 is 0. The number of nitrogens with one attached hydrogen (secondary N) is 3. The van der Waals surface area contributed by atoms with Gasteiger partial charge in [0.15, 0.2) is 0 Å². The maximum atomic E-state index is 12.9. The topological polar surface area (TPSA) is 131 Å². The van der Waals surface area contributed by atoms with E-state index in [2.05, 4.69) is 15.4 Å². The maximum Gasteiger partial charge on any atom is 0.289 e. The zero-order chi connectivity index (χ0) is 24.3. The largest absolute Gasteiger partial charge is 0.375 e. The molecule has 0 fully saturated rings. The summed E-state index contributed by atoms with van der Waals surface area (Å²) in [5.74, 6) is -2.42. The number of carbonyl (C=O) groups is 3. The third kappa shape index (κ3) is 9.52. The molecule has 0 radical (unpaired) electrons. The maximum absolute atomic E-state index is 12.9. The number of rotatable bonds is 13. The SMILES string of the molecule is CCNC(=O)C(=O)[C@H](Cc1ccccc1)NC(=O)[C@@H](COCc1ccccc1)NS(C)(=O)=O. The summed E-state index contributed by atoms with van der Waals surface area (Å²) in [6.07, 6.45) is 0.991. The van der Waals surface area contributed by atoms with Gasteiger partial charge in [0.25, 0.3) is 5.91 Å². The zero-order valence-corrected chi connectivity index (χ0v) is 19.4. The van der Waals surface area contributed by atoms with Crippen molar-refractivity contribution in [1.29, 1.82) is 0 Å². The van der Waals surface area contributed by atoms with Crippen molar-refractivity contribution in [2.45, 2.75) is 32.0 Å². The van der Waals surface area contributed by atoms with E-state index in [9.17, 15) is 22.8 Å². The molecular formula is C23H29N3O6S. The molecule has 0 saturated heterocycles. The average Bonchev–Trinajstić information content (AvgIpc) is 2.78. The number of ketones is 1. The Balaban J connectivity index is 2.15. The second-order valence-corrected chi connectivity index (χ2v) is 9.20. The van der Waals surface area contributed by atoms with Gasteiger partial charge in [0.2, 0.25) is 21.7 Å². The first-order chi connectivity index (χ1) is 15.7. The molecule has 10 heteroatoms. The lowest BCUT2D eigenvalue weighted by molar-refractivity contribution is -0.140. The van der Waals surface area contributed by atoms with Crippen LogP contribution in [-0.2, 0) is 42.2 Å². The van der Waals surface area contributed by atoms with Crippen molar-refractivity contribution in [2.75, 3.05) is 19.4 Å². The van der Waals surface area contributed by atoms with Crippen LogP contribution >= 0.6 is 0 Å². The van der Waals surface area contributed by atoms with Gasteiger partial charge in [-0.05, 0) is 18.1 Å². The molecule has 2 amide bonds. The van der Waals surface area contributed by atoms with E-state index < -0.39 is 39.7 Å². The first-order valence-electron chi connectivity index (χ1n) is 10.4. The molecule has 0 spiro atoms.